The summed E-state index contributed by atoms with van der Waals surface area (Å²) in [6.07, 6.45) is 4.58. The molecule has 132 valence electrons. The fourth-order valence-corrected chi connectivity index (χ4v) is 4.70. The Morgan fingerprint density at radius 3 is 2.56 bits per heavy atom. The van der Waals surface area contributed by atoms with Crippen molar-refractivity contribution >= 4 is 34.0 Å². The number of anilines is 1. The van der Waals surface area contributed by atoms with Crippen molar-refractivity contribution in [1.82, 2.24) is 15.1 Å². The lowest BCUT2D eigenvalue weighted by molar-refractivity contribution is -0.130. The molecule has 25 heavy (non-hydrogen) atoms. The third-order valence-corrected chi connectivity index (χ3v) is 6.25. The van der Waals surface area contributed by atoms with Gasteiger partial charge in [-0.3, -0.25) is 4.79 Å². The number of piperidine rings is 1. The average molecular weight is 377 g/mol. The van der Waals surface area contributed by atoms with Crippen molar-refractivity contribution in [3.05, 3.63) is 39.9 Å². The van der Waals surface area contributed by atoms with Gasteiger partial charge in [-0.05, 0) is 37.0 Å². The largest absolute Gasteiger partial charge is 0.347 e. The Bertz CT molecular complexity index is 740. The minimum absolute atomic E-state index is 0.333. The number of likely N-dealkylation sites (tertiary alicyclic amines) is 1. The van der Waals surface area contributed by atoms with E-state index in [0.29, 0.717) is 11.9 Å². The van der Waals surface area contributed by atoms with Crippen LogP contribution in [0.2, 0.25) is 5.02 Å². The molecule has 1 amide bonds. The van der Waals surface area contributed by atoms with Crippen LogP contribution in [0.1, 0.15) is 36.3 Å². The van der Waals surface area contributed by atoms with Crippen molar-refractivity contribution in [3.63, 3.8) is 0 Å². The second kappa shape index (κ2) is 7.30. The van der Waals surface area contributed by atoms with E-state index in [1.165, 1.54) is 5.56 Å². The lowest BCUT2D eigenvalue weighted by Crippen LogP contribution is -2.45. The zero-order chi connectivity index (χ0) is 17.2. The third kappa shape index (κ3) is 3.80. The lowest BCUT2D eigenvalue weighted by Gasteiger charge is -2.36. The standard InChI is InChI=1S/C18H21ClN4OS/c19-14-5-3-13(4-6-14)12-16-20-21-18(25-16)22-10-7-15(8-11-22)23-9-1-2-17(23)24/h3-6,15H,1-2,7-12H2. The molecule has 0 bridgehead atoms. The van der Waals surface area contributed by atoms with E-state index in [1.54, 1.807) is 11.3 Å². The Morgan fingerprint density at radius 1 is 1.12 bits per heavy atom. The van der Waals surface area contributed by atoms with Gasteiger partial charge in [-0.25, -0.2) is 0 Å². The Hall–Kier alpha value is -1.66. The van der Waals surface area contributed by atoms with Crippen LogP contribution in [0.15, 0.2) is 24.3 Å². The highest BCUT2D eigenvalue weighted by Crippen LogP contribution is 2.28. The number of carbonyl (C=O) groups is 1. The molecule has 0 unspecified atom stereocenters. The van der Waals surface area contributed by atoms with Gasteiger partial charge in [0, 0.05) is 43.5 Å². The van der Waals surface area contributed by atoms with E-state index in [0.717, 1.165) is 66.9 Å². The van der Waals surface area contributed by atoms with E-state index in [2.05, 4.69) is 20.0 Å². The zero-order valence-corrected chi connectivity index (χ0v) is 15.6. The Labute approximate surface area is 156 Å². The van der Waals surface area contributed by atoms with Crippen LogP contribution in [0, 0.1) is 0 Å². The SMILES string of the molecule is O=C1CCCN1C1CCN(c2nnc(Cc3ccc(Cl)cc3)s2)CC1. The van der Waals surface area contributed by atoms with E-state index in [9.17, 15) is 4.79 Å². The van der Waals surface area contributed by atoms with Crippen molar-refractivity contribution in [3.8, 4) is 0 Å². The number of halogens is 1. The summed E-state index contributed by atoms with van der Waals surface area (Å²) in [5.74, 6) is 0.333. The van der Waals surface area contributed by atoms with Crippen molar-refractivity contribution < 1.29 is 4.79 Å². The van der Waals surface area contributed by atoms with Crippen LogP contribution >= 0.6 is 22.9 Å². The minimum Gasteiger partial charge on any atom is -0.347 e. The predicted octanol–water partition coefficient (Wildman–Crippen LogP) is 3.37. The van der Waals surface area contributed by atoms with Gasteiger partial charge in [0.25, 0.3) is 0 Å². The molecule has 0 saturated carbocycles. The van der Waals surface area contributed by atoms with Gasteiger partial charge in [0.2, 0.25) is 11.0 Å². The Morgan fingerprint density at radius 2 is 1.88 bits per heavy atom. The molecule has 2 aliphatic rings. The number of hydrogen-bond acceptors (Lipinski definition) is 5. The van der Waals surface area contributed by atoms with Crippen molar-refractivity contribution in [2.45, 2.75) is 38.1 Å². The predicted molar refractivity (Wildman–Crippen MR) is 100 cm³/mol. The van der Waals surface area contributed by atoms with Gasteiger partial charge in [-0.2, -0.15) is 0 Å². The molecule has 0 N–H and O–H groups in total. The average Bonchev–Trinajstić information content (AvgIpc) is 3.26. The highest BCUT2D eigenvalue weighted by atomic mass is 35.5. The van der Waals surface area contributed by atoms with E-state index in [4.69, 9.17) is 11.6 Å². The van der Waals surface area contributed by atoms with Gasteiger partial charge in [-0.15, -0.1) is 10.2 Å². The number of amides is 1. The van der Waals surface area contributed by atoms with E-state index in [1.807, 2.05) is 24.3 Å². The summed E-state index contributed by atoms with van der Waals surface area (Å²) >= 11 is 7.59. The molecule has 0 aliphatic carbocycles. The smallest absolute Gasteiger partial charge is 0.222 e. The van der Waals surface area contributed by atoms with Crippen molar-refractivity contribution in [1.29, 1.82) is 0 Å². The van der Waals surface area contributed by atoms with Crippen LogP contribution in [-0.2, 0) is 11.2 Å². The zero-order valence-electron chi connectivity index (χ0n) is 14.0. The van der Waals surface area contributed by atoms with Crippen LogP contribution in [0.4, 0.5) is 5.13 Å². The normalized spacial score (nSPS) is 19.0. The minimum atomic E-state index is 0.333. The van der Waals surface area contributed by atoms with Gasteiger partial charge >= 0.3 is 0 Å². The molecule has 2 saturated heterocycles. The van der Waals surface area contributed by atoms with Gasteiger partial charge in [0.05, 0.1) is 0 Å². The van der Waals surface area contributed by atoms with E-state index < -0.39 is 0 Å². The highest BCUT2D eigenvalue weighted by Gasteiger charge is 2.31. The van der Waals surface area contributed by atoms with Crippen LogP contribution in [0.25, 0.3) is 0 Å². The first-order valence-corrected chi connectivity index (χ1v) is 10.00. The van der Waals surface area contributed by atoms with Crippen LogP contribution < -0.4 is 4.90 Å². The number of hydrogen-bond donors (Lipinski definition) is 0. The second-order valence-corrected chi connectivity index (χ2v) is 8.17. The number of nitrogens with zero attached hydrogens (tertiary/aromatic N) is 4. The molecule has 0 atom stereocenters. The molecule has 7 heteroatoms. The Balaban J connectivity index is 1.35. The van der Waals surface area contributed by atoms with E-state index >= 15 is 0 Å². The molecule has 2 fully saturated rings. The van der Waals surface area contributed by atoms with Gasteiger partial charge in [0.1, 0.15) is 5.01 Å². The monoisotopic (exact) mass is 376 g/mol. The molecule has 0 radical (unpaired) electrons. The molecule has 0 spiro atoms. The molecule has 2 aliphatic heterocycles. The van der Waals surface area contributed by atoms with Crippen LogP contribution in [0.5, 0.6) is 0 Å². The second-order valence-electron chi connectivity index (χ2n) is 6.69. The first kappa shape index (κ1) is 16.8. The maximum absolute atomic E-state index is 11.9. The van der Waals surface area contributed by atoms with E-state index in [-0.39, 0.29) is 0 Å². The molecule has 2 aromatic rings. The molecule has 5 nitrogen and oxygen atoms in total. The molecule has 4 rings (SSSR count). The third-order valence-electron chi connectivity index (χ3n) is 5.01. The highest BCUT2D eigenvalue weighted by molar-refractivity contribution is 7.15. The maximum Gasteiger partial charge on any atom is 0.222 e. The molecular weight excluding hydrogens is 356 g/mol. The van der Waals surface area contributed by atoms with Crippen LogP contribution in [0.3, 0.4) is 0 Å². The lowest BCUT2D eigenvalue weighted by atomic mass is 10.0. The summed E-state index contributed by atoms with van der Waals surface area (Å²) in [4.78, 5) is 16.3. The summed E-state index contributed by atoms with van der Waals surface area (Å²) in [7, 11) is 0. The number of benzene rings is 1. The number of carbonyl (C=O) groups excluding carboxylic acids is 1. The summed E-state index contributed by atoms with van der Waals surface area (Å²) in [5, 5.41) is 11.5. The topological polar surface area (TPSA) is 49.3 Å². The first-order chi connectivity index (χ1) is 12.2. The fraction of sp³-hybridized carbons (Fsp3) is 0.500. The van der Waals surface area contributed by atoms with Crippen LogP contribution in [-0.4, -0.2) is 46.7 Å². The Kier molecular flexibility index (Phi) is 4.90. The molecular formula is C18H21ClN4OS. The van der Waals surface area contributed by atoms with Crippen molar-refractivity contribution in [2.24, 2.45) is 0 Å². The number of aromatic nitrogens is 2. The quantitative estimate of drug-likeness (QED) is 0.820. The molecule has 3 heterocycles. The molecule has 1 aromatic heterocycles. The maximum atomic E-state index is 11.9. The number of rotatable bonds is 4. The van der Waals surface area contributed by atoms with Gasteiger partial charge in [0.15, 0.2) is 0 Å². The summed E-state index contributed by atoms with van der Waals surface area (Å²) in [6, 6.07) is 8.28. The fourth-order valence-electron chi connectivity index (χ4n) is 3.64. The summed E-state index contributed by atoms with van der Waals surface area (Å²) < 4.78 is 0. The van der Waals surface area contributed by atoms with Gasteiger partial charge in [-0.1, -0.05) is 35.1 Å². The molecule has 1 aromatic carbocycles. The summed E-state index contributed by atoms with van der Waals surface area (Å²) in [5.41, 5.74) is 1.19. The van der Waals surface area contributed by atoms with Gasteiger partial charge < -0.3 is 9.80 Å². The summed E-state index contributed by atoms with van der Waals surface area (Å²) in [6.45, 7) is 2.83. The van der Waals surface area contributed by atoms with Crippen molar-refractivity contribution in [2.75, 3.05) is 24.5 Å². The first-order valence-electron chi connectivity index (χ1n) is 8.80.